The molecule has 30 heavy (non-hydrogen) atoms. The lowest BCUT2D eigenvalue weighted by Gasteiger charge is -2.19. The van der Waals surface area contributed by atoms with Crippen LogP contribution in [0.25, 0.3) is 6.08 Å². The molecule has 2 aromatic carbocycles. The average Bonchev–Trinajstić information content (AvgIpc) is 2.96. The van der Waals surface area contributed by atoms with Gasteiger partial charge in [-0.15, -0.1) is 0 Å². The maximum atomic E-state index is 12.6. The molecule has 5 nitrogen and oxygen atoms in total. The maximum absolute atomic E-state index is 12.6. The fourth-order valence-electron chi connectivity index (χ4n) is 3.01. The fraction of sp³-hybridized carbons (Fsp3) is 0.292. The van der Waals surface area contributed by atoms with Crippen LogP contribution in [0, 0.1) is 6.92 Å². The molecule has 1 N–H and O–H groups in total. The van der Waals surface area contributed by atoms with Gasteiger partial charge < -0.3 is 5.32 Å². The number of benzene rings is 2. The van der Waals surface area contributed by atoms with Crippen LogP contribution in [0.3, 0.4) is 0 Å². The van der Waals surface area contributed by atoms with Crippen LogP contribution < -0.4 is 5.32 Å². The van der Waals surface area contributed by atoms with Gasteiger partial charge in [-0.1, -0.05) is 62.7 Å². The minimum Gasteiger partial charge on any atom is -0.350 e. The molecule has 0 spiro atoms. The molecule has 1 aliphatic rings. The molecule has 0 atom stereocenters. The number of nitrogens with one attached hydrogen (secondary N) is 1. The largest absolute Gasteiger partial charge is 0.350 e. The molecule has 1 aliphatic heterocycles. The van der Waals surface area contributed by atoms with Crippen molar-refractivity contribution in [3.8, 4) is 0 Å². The molecule has 156 valence electrons. The minimum absolute atomic E-state index is 0.0208. The van der Waals surface area contributed by atoms with Gasteiger partial charge in [0, 0.05) is 18.7 Å². The normalized spacial score (nSPS) is 15.7. The maximum Gasteiger partial charge on any atom is 0.293 e. The summed E-state index contributed by atoms with van der Waals surface area (Å²) in [7, 11) is 0. The highest BCUT2D eigenvalue weighted by atomic mass is 32.2. The molecule has 6 heteroatoms. The van der Waals surface area contributed by atoms with E-state index < -0.39 is 0 Å². The van der Waals surface area contributed by atoms with Crippen molar-refractivity contribution in [3.05, 3.63) is 75.7 Å². The van der Waals surface area contributed by atoms with E-state index in [4.69, 9.17) is 0 Å². The molecular formula is C24H26N2O3S. The number of carbonyl (C=O) groups is 3. The Hall–Kier alpha value is -2.86. The molecule has 0 saturated carbocycles. The third-order valence-corrected chi connectivity index (χ3v) is 5.79. The van der Waals surface area contributed by atoms with Gasteiger partial charge in [0.25, 0.3) is 17.1 Å². The second-order valence-corrected chi connectivity index (χ2v) is 9.32. The number of aryl methyl sites for hydroxylation is 1. The lowest BCUT2D eigenvalue weighted by molar-refractivity contribution is -0.122. The highest BCUT2D eigenvalue weighted by Crippen LogP contribution is 2.32. The van der Waals surface area contributed by atoms with E-state index >= 15 is 0 Å². The van der Waals surface area contributed by atoms with Crippen molar-refractivity contribution >= 4 is 34.9 Å². The molecular weight excluding hydrogens is 396 g/mol. The molecule has 3 rings (SSSR count). The Morgan fingerprint density at radius 3 is 2.27 bits per heavy atom. The van der Waals surface area contributed by atoms with E-state index in [0.717, 1.165) is 28.5 Å². The molecule has 1 heterocycles. The summed E-state index contributed by atoms with van der Waals surface area (Å²) in [6.07, 6.45) is 1.72. The molecule has 0 radical (unpaired) electrons. The molecule has 0 aromatic heterocycles. The predicted octanol–water partition coefficient (Wildman–Crippen LogP) is 4.76. The van der Waals surface area contributed by atoms with Crippen molar-refractivity contribution in [2.75, 3.05) is 13.1 Å². The Bertz CT molecular complexity index is 987. The smallest absolute Gasteiger partial charge is 0.293 e. The second-order valence-electron chi connectivity index (χ2n) is 8.33. The summed E-state index contributed by atoms with van der Waals surface area (Å²) >= 11 is 0.926. The van der Waals surface area contributed by atoms with Crippen LogP contribution in [-0.4, -0.2) is 35.0 Å². The van der Waals surface area contributed by atoms with Crippen LogP contribution in [0.2, 0.25) is 0 Å². The number of carbonyl (C=O) groups excluding carboxylic acids is 3. The fourth-order valence-corrected chi connectivity index (χ4v) is 3.88. The number of rotatable bonds is 5. The SMILES string of the molecule is Cc1ccc(/C=C2\SC(=O)N(CCNC(=O)c3ccc(C(C)(C)C)cc3)C2=O)cc1. The molecule has 1 fully saturated rings. The van der Waals surface area contributed by atoms with Gasteiger partial charge in [-0.25, -0.2) is 0 Å². The van der Waals surface area contributed by atoms with Crippen LogP contribution in [0.15, 0.2) is 53.4 Å². The Balaban J connectivity index is 1.56. The quantitative estimate of drug-likeness (QED) is 0.706. The van der Waals surface area contributed by atoms with Crippen molar-refractivity contribution in [1.82, 2.24) is 10.2 Å². The van der Waals surface area contributed by atoms with E-state index in [0.29, 0.717) is 10.5 Å². The molecule has 3 amide bonds. The number of hydrogen-bond donors (Lipinski definition) is 1. The third-order valence-electron chi connectivity index (χ3n) is 4.88. The summed E-state index contributed by atoms with van der Waals surface area (Å²) in [5.74, 6) is -0.549. The van der Waals surface area contributed by atoms with Gasteiger partial charge in [-0.2, -0.15) is 0 Å². The zero-order valence-electron chi connectivity index (χ0n) is 17.7. The van der Waals surface area contributed by atoms with Crippen molar-refractivity contribution in [2.24, 2.45) is 0 Å². The van der Waals surface area contributed by atoms with Crippen molar-refractivity contribution in [2.45, 2.75) is 33.1 Å². The van der Waals surface area contributed by atoms with Crippen LogP contribution in [0.5, 0.6) is 0 Å². The Morgan fingerprint density at radius 2 is 1.67 bits per heavy atom. The Kier molecular flexibility index (Phi) is 6.46. The summed E-state index contributed by atoms with van der Waals surface area (Å²) < 4.78 is 0. The summed E-state index contributed by atoms with van der Waals surface area (Å²) in [4.78, 5) is 38.7. The zero-order chi connectivity index (χ0) is 21.9. The van der Waals surface area contributed by atoms with E-state index in [1.165, 1.54) is 4.90 Å². The highest BCUT2D eigenvalue weighted by molar-refractivity contribution is 8.18. The predicted molar refractivity (Wildman–Crippen MR) is 121 cm³/mol. The number of thioether (sulfide) groups is 1. The van der Waals surface area contributed by atoms with Crippen molar-refractivity contribution < 1.29 is 14.4 Å². The summed E-state index contributed by atoms with van der Waals surface area (Å²) in [6.45, 7) is 8.69. The summed E-state index contributed by atoms with van der Waals surface area (Å²) in [5.41, 5.74) is 3.73. The molecule has 0 unspecified atom stereocenters. The van der Waals surface area contributed by atoms with E-state index in [1.807, 2.05) is 43.3 Å². The van der Waals surface area contributed by atoms with Crippen LogP contribution in [-0.2, 0) is 10.2 Å². The first-order chi connectivity index (χ1) is 14.1. The molecule has 1 saturated heterocycles. The van der Waals surface area contributed by atoms with Gasteiger partial charge in [-0.05, 0) is 53.4 Å². The monoisotopic (exact) mass is 422 g/mol. The van der Waals surface area contributed by atoms with Crippen molar-refractivity contribution in [1.29, 1.82) is 0 Å². The third kappa shape index (κ3) is 5.19. The number of imide groups is 1. The van der Waals surface area contributed by atoms with Gasteiger partial charge in [0.1, 0.15) is 0 Å². The second kappa shape index (κ2) is 8.88. The summed E-state index contributed by atoms with van der Waals surface area (Å²) in [5, 5.41) is 2.46. The standard InChI is InChI=1S/C24H26N2O3S/c1-16-5-7-17(8-6-16)15-20-22(28)26(23(29)30-20)14-13-25-21(27)18-9-11-19(12-10-18)24(2,3)4/h5-12,15H,13-14H2,1-4H3,(H,25,27)/b20-15-. The zero-order valence-corrected chi connectivity index (χ0v) is 18.5. The first-order valence-corrected chi connectivity index (χ1v) is 10.7. The first-order valence-electron chi connectivity index (χ1n) is 9.86. The van der Waals surface area contributed by atoms with Gasteiger partial charge in [0.05, 0.1) is 4.91 Å². The van der Waals surface area contributed by atoms with E-state index in [2.05, 4.69) is 26.1 Å². The highest BCUT2D eigenvalue weighted by Gasteiger charge is 2.34. The van der Waals surface area contributed by atoms with Crippen LogP contribution in [0.1, 0.15) is 47.8 Å². The van der Waals surface area contributed by atoms with Gasteiger partial charge >= 0.3 is 0 Å². The lowest BCUT2D eigenvalue weighted by Crippen LogP contribution is -2.37. The number of nitrogens with zero attached hydrogens (tertiary/aromatic N) is 1. The average molecular weight is 423 g/mol. The Labute approximate surface area is 181 Å². The van der Waals surface area contributed by atoms with Crippen molar-refractivity contribution in [3.63, 3.8) is 0 Å². The van der Waals surface area contributed by atoms with E-state index in [-0.39, 0.29) is 35.6 Å². The van der Waals surface area contributed by atoms with Gasteiger partial charge in [0.15, 0.2) is 0 Å². The molecule has 0 bridgehead atoms. The minimum atomic E-state index is -0.325. The van der Waals surface area contributed by atoms with E-state index in [1.54, 1.807) is 18.2 Å². The first kappa shape index (κ1) is 21.8. The Morgan fingerprint density at radius 1 is 1.03 bits per heavy atom. The van der Waals surface area contributed by atoms with E-state index in [9.17, 15) is 14.4 Å². The number of hydrogen-bond acceptors (Lipinski definition) is 4. The van der Waals surface area contributed by atoms with Gasteiger partial charge in [0.2, 0.25) is 0 Å². The topological polar surface area (TPSA) is 66.5 Å². The number of amides is 3. The van der Waals surface area contributed by atoms with Crippen LogP contribution >= 0.6 is 11.8 Å². The van der Waals surface area contributed by atoms with Gasteiger partial charge in [-0.3, -0.25) is 19.3 Å². The molecule has 2 aromatic rings. The van der Waals surface area contributed by atoms with Crippen LogP contribution in [0.4, 0.5) is 4.79 Å². The summed E-state index contributed by atoms with van der Waals surface area (Å²) in [6, 6.07) is 15.2. The molecule has 0 aliphatic carbocycles. The lowest BCUT2D eigenvalue weighted by atomic mass is 9.87.